The summed E-state index contributed by atoms with van der Waals surface area (Å²) >= 11 is 0. The van der Waals surface area contributed by atoms with E-state index in [9.17, 15) is 0 Å². The molecule has 76 valence electrons. The van der Waals surface area contributed by atoms with Gasteiger partial charge in [-0.05, 0) is 50.9 Å². The van der Waals surface area contributed by atoms with Gasteiger partial charge in [-0.1, -0.05) is 23.8 Å². The van der Waals surface area contributed by atoms with Gasteiger partial charge < -0.3 is 0 Å². The molecule has 0 amide bonds. The Hall–Kier alpha value is -0.820. The van der Waals surface area contributed by atoms with E-state index in [4.69, 9.17) is 0 Å². The number of nitrogens with zero attached hydrogens (tertiary/aromatic N) is 1. The first-order valence-corrected chi connectivity index (χ1v) is 5.54. The highest BCUT2D eigenvalue weighted by molar-refractivity contribution is 5.30. The lowest BCUT2D eigenvalue weighted by Gasteiger charge is -2.16. The van der Waals surface area contributed by atoms with Gasteiger partial charge in [0.25, 0.3) is 0 Å². The molecule has 1 saturated heterocycles. The van der Waals surface area contributed by atoms with E-state index in [-0.39, 0.29) is 0 Å². The van der Waals surface area contributed by atoms with E-state index in [1.54, 1.807) is 0 Å². The van der Waals surface area contributed by atoms with Crippen molar-refractivity contribution in [2.24, 2.45) is 0 Å². The molecule has 14 heavy (non-hydrogen) atoms. The summed E-state index contributed by atoms with van der Waals surface area (Å²) < 4.78 is 0. The van der Waals surface area contributed by atoms with E-state index in [1.807, 2.05) is 0 Å². The van der Waals surface area contributed by atoms with Crippen LogP contribution in [0.2, 0.25) is 0 Å². The Bertz CT molecular complexity index is 311. The molecule has 1 aliphatic heterocycles. The van der Waals surface area contributed by atoms with Crippen LogP contribution in [0.1, 0.15) is 29.5 Å². The van der Waals surface area contributed by atoms with Crippen molar-refractivity contribution in [1.82, 2.24) is 4.90 Å². The van der Waals surface area contributed by atoms with Crippen molar-refractivity contribution in [1.29, 1.82) is 0 Å². The van der Waals surface area contributed by atoms with Crippen LogP contribution < -0.4 is 0 Å². The van der Waals surface area contributed by atoms with E-state index < -0.39 is 0 Å². The zero-order valence-corrected chi connectivity index (χ0v) is 9.21. The Kier molecular flexibility index (Phi) is 2.87. The number of aryl methyl sites for hydroxylation is 2. The van der Waals surface area contributed by atoms with Crippen LogP contribution in [0, 0.1) is 13.8 Å². The molecule has 1 aromatic rings. The summed E-state index contributed by atoms with van der Waals surface area (Å²) in [5.41, 5.74) is 4.31. The molecule has 1 heterocycles. The highest BCUT2D eigenvalue weighted by Crippen LogP contribution is 2.16. The molecule has 0 atom stereocenters. The largest absolute Gasteiger partial charge is 0.299 e. The molecule has 0 aromatic heterocycles. The third-order valence-electron chi connectivity index (χ3n) is 3.09. The van der Waals surface area contributed by atoms with Gasteiger partial charge in [0.05, 0.1) is 0 Å². The van der Waals surface area contributed by atoms with Gasteiger partial charge in [-0.3, -0.25) is 4.90 Å². The Balaban J connectivity index is 2.08. The number of likely N-dealkylation sites (tertiary alicyclic amines) is 1. The maximum atomic E-state index is 2.55. The lowest BCUT2D eigenvalue weighted by molar-refractivity contribution is 0.330. The topological polar surface area (TPSA) is 3.24 Å². The second-order valence-corrected chi connectivity index (χ2v) is 4.41. The Morgan fingerprint density at radius 2 is 1.86 bits per heavy atom. The van der Waals surface area contributed by atoms with Crippen LogP contribution >= 0.6 is 0 Å². The Morgan fingerprint density at radius 3 is 2.50 bits per heavy atom. The Morgan fingerprint density at radius 1 is 1.14 bits per heavy atom. The molecular formula is C13H19N. The van der Waals surface area contributed by atoms with E-state index in [2.05, 4.69) is 36.9 Å². The fourth-order valence-corrected chi connectivity index (χ4v) is 2.20. The van der Waals surface area contributed by atoms with E-state index in [0.29, 0.717) is 0 Å². The third kappa shape index (κ3) is 2.16. The molecule has 0 bridgehead atoms. The molecule has 0 spiro atoms. The molecule has 1 fully saturated rings. The first-order chi connectivity index (χ1) is 6.75. The third-order valence-corrected chi connectivity index (χ3v) is 3.09. The second-order valence-electron chi connectivity index (χ2n) is 4.41. The van der Waals surface area contributed by atoms with Gasteiger partial charge in [-0.2, -0.15) is 0 Å². The lowest BCUT2D eigenvalue weighted by atomic mass is 10.1. The molecule has 1 heteroatoms. The maximum Gasteiger partial charge on any atom is 0.0236 e. The average Bonchev–Trinajstić information content (AvgIpc) is 2.62. The summed E-state index contributed by atoms with van der Waals surface area (Å²) in [4.78, 5) is 2.55. The van der Waals surface area contributed by atoms with Crippen LogP contribution in [-0.4, -0.2) is 18.0 Å². The molecule has 1 aromatic carbocycles. The van der Waals surface area contributed by atoms with Crippen LogP contribution in [0.15, 0.2) is 18.2 Å². The molecule has 0 saturated carbocycles. The van der Waals surface area contributed by atoms with Crippen molar-refractivity contribution in [3.05, 3.63) is 34.9 Å². The SMILES string of the molecule is Cc1ccc(CN2CCCC2)c(C)c1. The van der Waals surface area contributed by atoms with E-state index >= 15 is 0 Å². The van der Waals surface area contributed by atoms with Crippen LogP contribution in [0.3, 0.4) is 0 Å². The molecule has 0 radical (unpaired) electrons. The first-order valence-electron chi connectivity index (χ1n) is 5.54. The molecular weight excluding hydrogens is 170 g/mol. The van der Waals surface area contributed by atoms with Gasteiger partial charge in [-0.15, -0.1) is 0 Å². The lowest BCUT2D eigenvalue weighted by Crippen LogP contribution is -2.18. The quantitative estimate of drug-likeness (QED) is 0.691. The minimum atomic E-state index is 1.14. The minimum Gasteiger partial charge on any atom is -0.299 e. The maximum absolute atomic E-state index is 2.55. The second kappa shape index (κ2) is 4.14. The van der Waals surface area contributed by atoms with Crippen molar-refractivity contribution in [3.63, 3.8) is 0 Å². The number of hydrogen-bond donors (Lipinski definition) is 0. The summed E-state index contributed by atoms with van der Waals surface area (Å²) in [6.07, 6.45) is 2.76. The van der Waals surface area contributed by atoms with Crippen LogP contribution in [0.5, 0.6) is 0 Å². The zero-order chi connectivity index (χ0) is 9.97. The number of benzene rings is 1. The van der Waals surface area contributed by atoms with E-state index in [1.165, 1.54) is 42.6 Å². The van der Waals surface area contributed by atoms with Gasteiger partial charge in [0, 0.05) is 6.54 Å². The van der Waals surface area contributed by atoms with Gasteiger partial charge in [0.15, 0.2) is 0 Å². The predicted octanol–water partition coefficient (Wildman–Crippen LogP) is 2.90. The van der Waals surface area contributed by atoms with E-state index in [0.717, 1.165) is 6.54 Å². The van der Waals surface area contributed by atoms with Crippen molar-refractivity contribution in [2.75, 3.05) is 13.1 Å². The van der Waals surface area contributed by atoms with Crippen LogP contribution in [-0.2, 0) is 6.54 Å². The standard InChI is InChI=1S/C13H19N/c1-11-5-6-13(12(2)9-11)10-14-7-3-4-8-14/h5-6,9H,3-4,7-8,10H2,1-2H3. The predicted molar refractivity (Wildman–Crippen MR) is 60.4 cm³/mol. The molecule has 2 rings (SSSR count). The summed E-state index contributed by atoms with van der Waals surface area (Å²) in [5.74, 6) is 0. The van der Waals surface area contributed by atoms with Gasteiger partial charge in [0.1, 0.15) is 0 Å². The summed E-state index contributed by atoms with van der Waals surface area (Å²) in [6, 6.07) is 6.78. The highest BCUT2D eigenvalue weighted by Gasteiger charge is 2.12. The van der Waals surface area contributed by atoms with Gasteiger partial charge in [0.2, 0.25) is 0 Å². The fraction of sp³-hybridized carbons (Fsp3) is 0.538. The number of hydrogen-bond acceptors (Lipinski definition) is 1. The molecule has 0 N–H and O–H groups in total. The zero-order valence-electron chi connectivity index (χ0n) is 9.21. The summed E-state index contributed by atoms with van der Waals surface area (Å²) in [7, 11) is 0. The Labute approximate surface area is 86.7 Å². The first kappa shape index (κ1) is 9.72. The average molecular weight is 189 g/mol. The van der Waals surface area contributed by atoms with Gasteiger partial charge >= 0.3 is 0 Å². The van der Waals surface area contributed by atoms with Crippen molar-refractivity contribution in [3.8, 4) is 0 Å². The summed E-state index contributed by atoms with van der Waals surface area (Å²) in [6.45, 7) is 8.10. The van der Waals surface area contributed by atoms with Crippen molar-refractivity contribution >= 4 is 0 Å². The van der Waals surface area contributed by atoms with Crippen LogP contribution in [0.4, 0.5) is 0 Å². The number of rotatable bonds is 2. The van der Waals surface area contributed by atoms with Crippen LogP contribution in [0.25, 0.3) is 0 Å². The van der Waals surface area contributed by atoms with Crippen molar-refractivity contribution in [2.45, 2.75) is 33.2 Å². The summed E-state index contributed by atoms with van der Waals surface area (Å²) in [5, 5.41) is 0. The molecule has 1 aliphatic rings. The smallest absolute Gasteiger partial charge is 0.0236 e. The monoisotopic (exact) mass is 189 g/mol. The minimum absolute atomic E-state index is 1.14. The molecule has 0 unspecified atom stereocenters. The van der Waals surface area contributed by atoms with Gasteiger partial charge in [-0.25, -0.2) is 0 Å². The fourth-order valence-electron chi connectivity index (χ4n) is 2.20. The normalized spacial score (nSPS) is 17.6. The molecule has 0 aliphatic carbocycles. The highest BCUT2D eigenvalue weighted by atomic mass is 15.1. The van der Waals surface area contributed by atoms with Crippen molar-refractivity contribution < 1.29 is 0 Å². The molecule has 1 nitrogen and oxygen atoms in total.